The number of hydrogen-bond acceptors (Lipinski definition) is 3. The number of alkyl carbamates (subject to hydrolysis) is 1. The number of nitrogens with one attached hydrogen (secondary N) is 1. The van der Waals surface area contributed by atoms with Gasteiger partial charge in [0.2, 0.25) is 0 Å². The van der Waals surface area contributed by atoms with Gasteiger partial charge in [-0.15, -0.1) is 0 Å². The summed E-state index contributed by atoms with van der Waals surface area (Å²) in [6.07, 6.45) is 0.0736. The molecule has 1 rings (SSSR count). The quantitative estimate of drug-likeness (QED) is 0.819. The Hall–Kier alpha value is -1.99. The van der Waals surface area contributed by atoms with Gasteiger partial charge in [0.05, 0.1) is 19.3 Å². The summed E-state index contributed by atoms with van der Waals surface area (Å²) < 4.78 is 5.09. The molecule has 1 aromatic carbocycles. The fourth-order valence-electron chi connectivity index (χ4n) is 1.62. The maximum atomic E-state index is 11.6. The van der Waals surface area contributed by atoms with Crippen LogP contribution in [0.25, 0.3) is 0 Å². The summed E-state index contributed by atoms with van der Waals surface area (Å²) in [5.41, 5.74) is 1.88. The number of carbonyl (C=O) groups is 1. The number of ether oxygens (including phenoxy) is 1. The highest BCUT2D eigenvalue weighted by Crippen LogP contribution is 2.13. The van der Waals surface area contributed by atoms with Crippen molar-refractivity contribution < 1.29 is 14.6 Å². The molecule has 2 N–H and O–H groups in total. The molecule has 0 bridgehead atoms. The first-order chi connectivity index (χ1) is 10.0. The first kappa shape index (κ1) is 17.1. The van der Waals surface area contributed by atoms with E-state index in [1.54, 1.807) is 0 Å². The van der Waals surface area contributed by atoms with Crippen molar-refractivity contribution >= 4 is 6.09 Å². The molecule has 0 aliphatic heterocycles. The minimum atomic E-state index is -0.400. The van der Waals surface area contributed by atoms with E-state index in [2.05, 4.69) is 17.2 Å². The van der Waals surface area contributed by atoms with Gasteiger partial charge in [-0.1, -0.05) is 37.8 Å². The molecule has 0 fully saturated rings. The van der Waals surface area contributed by atoms with Crippen LogP contribution in [0.3, 0.4) is 0 Å². The molecule has 0 aliphatic carbocycles. The molecule has 0 aromatic heterocycles. The lowest BCUT2D eigenvalue weighted by molar-refractivity contribution is 0.130. The molecule has 0 heterocycles. The average molecular weight is 289 g/mol. The summed E-state index contributed by atoms with van der Waals surface area (Å²) in [7, 11) is 0. The van der Waals surface area contributed by atoms with Crippen LogP contribution in [0, 0.1) is 17.8 Å². The van der Waals surface area contributed by atoms with Gasteiger partial charge in [0.15, 0.2) is 0 Å². The molecule has 0 spiro atoms. The first-order valence-electron chi connectivity index (χ1n) is 7.16. The predicted octanol–water partition coefficient (Wildman–Crippen LogP) is 2.86. The minimum absolute atomic E-state index is 0.0739. The number of amides is 1. The summed E-state index contributed by atoms with van der Waals surface area (Å²) >= 11 is 0. The van der Waals surface area contributed by atoms with Crippen LogP contribution in [-0.2, 0) is 4.74 Å². The SMILES string of the molecule is CC(C)COC(=O)NC(C)c1ccc(C#CCCO)cc1. The van der Waals surface area contributed by atoms with Crippen LogP contribution in [0.5, 0.6) is 0 Å². The van der Waals surface area contributed by atoms with Crippen molar-refractivity contribution in [1.29, 1.82) is 0 Å². The maximum Gasteiger partial charge on any atom is 0.407 e. The molecule has 21 heavy (non-hydrogen) atoms. The van der Waals surface area contributed by atoms with Crippen LogP contribution in [0.1, 0.15) is 44.4 Å². The Kier molecular flexibility index (Phi) is 7.34. The van der Waals surface area contributed by atoms with Gasteiger partial charge in [0.25, 0.3) is 0 Å². The van der Waals surface area contributed by atoms with Crippen LogP contribution in [-0.4, -0.2) is 24.4 Å². The average Bonchev–Trinajstić information content (AvgIpc) is 2.46. The topological polar surface area (TPSA) is 58.6 Å². The Morgan fingerprint density at radius 2 is 1.95 bits per heavy atom. The number of rotatable bonds is 5. The van der Waals surface area contributed by atoms with E-state index in [-0.39, 0.29) is 12.6 Å². The lowest BCUT2D eigenvalue weighted by Gasteiger charge is -2.15. The summed E-state index contributed by atoms with van der Waals surface area (Å²) in [6, 6.07) is 7.53. The monoisotopic (exact) mass is 289 g/mol. The molecular weight excluding hydrogens is 266 g/mol. The highest BCUT2D eigenvalue weighted by molar-refractivity contribution is 5.67. The first-order valence-corrected chi connectivity index (χ1v) is 7.16. The fraction of sp³-hybridized carbons (Fsp3) is 0.471. The second-order valence-electron chi connectivity index (χ2n) is 5.26. The van der Waals surface area contributed by atoms with Crippen LogP contribution < -0.4 is 5.32 Å². The summed E-state index contributed by atoms with van der Waals surface area (Å²) in [5.74, 6) is 6.16. The standard InChI is InChI=1S/C17H23NO3/c1-13(2)12-21-17(20)18-14(3)16-9-7-15(8-10-16)6-4-5-11-19/h7-10,13-14,19H,5,11-12H2,1-3H3,(H,18,20). The van der Waals surface area contributed by atoms with E-state index in [1.807, 2.05) is 45.0 Å². The number of hydrogen-bond donors (Lipinski definition) is 2. The van der Waals surface area contributed by atoms with Crippen LogP contribution in [0.4, 0.5) is 4.79 Å². The molecule has 1 aromatic rings. The zero-order valence-electron chi connectivity index (χ0n) is 12.8. The zero-order valence-corrected chi connectivity index (χ0v) is 12.8. The molecule has 0 aliphatic rings. The van der Waals surface area contributed by atoms with E-state index in [1.165, 1.54) is 0 Å². The maximum absolute atomic E-state index is 11.6. The Bertz CT molecular complexity index is 497. The van der Waals surface area contributed by atoms with E-state index < -0.39 is 6.09 Å². The molecule has 1 atom stereocenters. The molecular formula is C17H23NO3. The third kappa shape index (κ3) is 6.82. The van der Waals surface area contributed by atoms with Crippen molar-refractivity contribution in [3.8, 4) is 11.8 Å². The van der Waals surface area contributed by atoms with Crippen molar-refractivity contribution in [1.82, 2.24) is 5.32 Å². The molecule has 0 radical (unpaired) electrons. The van der Waals surface area contributed by atoms with Gasteiger partial charge < -0.3 is 15.2 Å². The van der Waals surface area contributed by atoms with Gasteiger partial charge in [0, 0.05) is 12.0 Å². The third-order valence-corrected chi connectivity index (χ3v) is 2.76. The molecule has 4 nitrogen and oxygen atoms in total. The van der Waals surface area contributed by atoms with E-state index in [9.17, 15) is 4.79 Å². The second kappa shape index (κ2) is 9.04. The largest absolute Gasteiger partial charge is 0.449 e. The van der Waals surface area contributed by atoms with Gasteiger partial charge in [-0.25, -0.2) is 4.79 Å². The van der Waals surface area contributed by atoms with Crippen molar-refractivity contribution in [2.24, 2.45) is 5.92 Å². The number of aliphatic hydroxyl groups is 1. The van der Waals surface area contributed by atoms with Crippen molar-refractivity contribution in [2.75, 3.05) is 13.2 Å². The fourth-order valence-corrected chi connectivity index (χ4v) is 1.62. The number of carbonyl (C=O) groups excluding carboxylic acids is 1. The Morgan fingerprint density at radius 3 is 2.52 bits per heavy atom. The zero-order chi connectivity index (χ0) is 15.7. The Labute approximate surface area is 126 Å². The number of aliphatic hydroxyl groups excluding tert-OH is 1. The highest BCUT2D eigenvalue weighted by atomic mass is 16.5. The van der Waals surface area contributed by atoms with Gasteiger partial charge in [-0.3, -0.25) is 0 Å². The second-order valence-corrected chi connectivity index (χ2v) is 5.26. The molecule has 1 amide bonds. The highest BCUT2D eigenvalue weighted by Gasteiger charge is 2.10. The van der Waals surface area contributed by atoms with Gasteiger partial charge in [-0.05, 0) is 30.5 Å². The van der Waals surface area contributed by atoms with Gasteiger partial charge in [-0.2, -0.15) is 0 Å². The Balaban J connectivity index is 2.53. The minimum Gasteiger partial charge on any atom is -0.449 e. The third-order valence-electron chi connectivity index (χ3n) is 2.76. The van der Waals surface area contributed by atoms with E-state index in [0.717, 1.165) is 11.1 Å². The lowest BCUT2D eigenvalue weighted by atomic mass is 10.1. The molecule has 0 saturated heterocycles. The van der Waals surface area contributed by atoms with E-state index in [0.29, 0.717) is 18.9 Å². The normalized spacial score (nSPS) is 11.5. The van der Waals surface area contributed by atoms with E-state index in [4.69, 9.17) is 9.84 Å². The van der Waals surface area contributed by atoms with Gasteiger partial charge in [0.1, 0.15) is 0 Å². The summed E-state index contributed by atoms with van der Waals surface area (Å²) in [4.78, 5) is 11.6. The molecule has 0 saturated carbocycles. The van der Waals surface area contributed by atoms with Crippen LogP contribution >= 0.6 is 0 Å². The lowest BCUT2D eigenvalue weighted by Crippen LogP contribution is -2.28. The summed E-state index contributed by atoms with van der Waals surface area (Å²) in [6.45, 7) is 6.38. The van der Waals surface area contributed by atoms with Crippen molar-refractivity contribution in [3.63, 3.8) is 0 Å². The predicted molar refractivity (Wildman–Crippen MR) is 82.8 cm³/mol. The summed E-state index contributed by atoms with van der Waals surface area (Å²) in [5, 5.41) is 11.5. The molecule has 4 heteroatoms. The van der Waals surface area contributed by atoms with Crippen molar-refractivity contribution in [2.45, 2.75) is 33.2 Å². The molecule has 1 unspecified atom stereocenters. The van der Waals surface area contributed by atoms with Crippen molar-refractivity contribution in [3.05, 3.63) is 35.4 Å². The molecule has 114 valence electrons. The number of benzene rings is 1. The van der Waals surface area contributed by atoms with E-state index >= 15 is 0 Å². The van der Waals surface area contributed by atoms with Crippen LogP contribution in [0.2, 0.25) is 0 Å². The smallest absolute Gasteiger partial charge is 0.407 e. The van der Waals surface area contributed by atoms with Gasteiger partial charge >= 0.3 is 6.09 Å². The Morgan fingerprint density at radius 1 is 1.29 bits per heavy atom. The van der Waals surface area contributed by atoms with Crippen LogP contribution in [0.15, 0.2) is 24.3 Å².